The van der Waals surface area contributed by atoms with E-state index in [2.05, 4.69) is 0 Å². The van der Waals surface area contributed by atoms with Gasteiger partial charge in [0.2, 0.25) is 20.8 Å². The van der Waals surface area contributed by atoms with Crippen molar-refractivity contribution >= 4 is 33.0 Å². The fourth-order valence-corrected chi connectivity index (χ4v) is 3.25. The number of hydrogen-bond donors (Lipinski definition) is 0. The van der Waals surface area contributed by atoms with Gasteiger partial charge in [-0.2, -0.15) is 0 Å². The molecule has 2 aromatic rings. The molecule has 2 atom stereocenters. The summed E-state index contributed by atoms with van der Waals surface area (Å²) in [6.45, 7) is 0. The van der Waals surface area contributed by atoms with E-state index in [4.69, 9.17) is 23.2 Å². The molecule has 2 rings (SSSR count). The summed E-state index contributed by atoms with van der Waals surface area (Å²) in [5, 5.41) is 0.663. The highest BCUT2D eigenvalue weighted by atomic mass is 35.5. The second kappa shape index (κ2) is 6.30. The average Bonchev–Trinajstić information content (AvgIpc) is 2.47. The van der Waals surface area contributed by atoms with E-state index in [1.807, 2.05) is 0 Å². The predicted molar refractivity (Wildman–Crippen MR) is 79.5 cm³/mol. The average molecular weight is 351 g/mol. The quantitative estimate of drug-likeness (QED) is 0.773. The predicted octanol–water partition coefficient (Wildman–Crippen LogP) is 5.04. The maximum atomic E-state index is 14.2. The molecule has 0 fully saturated rings. The van der Waals surface area contributed by atoms with Crippen molar-refractivity contribution in [3.63, 3.8) is 0 Å². The van der Waals surface area contributed by atoms with Crippen LogP contribution < -0.4 is 0 Å². The van der Waals surface area contributed by atoms with Gasteiger partial charge < -0.3 is 0 Å². The smallest absolute Gasteiger partial charge is 0.225 e. The largest absolute Gasteiger partial charge is 0.229 e. The molecule has 0 aromatic heterocycles. The van der Waals surface area contributed by atoms with E-state index < -0.39 is 20.8 Å². The van der Waals surface area contributed by atoms with Crippen molar-refractivity contribution in [2.45, 2.75) is 11.0 Å². The molecular formula is C14H10Cl2F2O2S. The first kappa shape index (κ1) is 16.2. The van der Waals surface area contributed by atoms with E-state index in [0.717, 1.165) is 0 Å². The lowest BCUT2D eigenvalue weighted by atomic mass is 10.2. The molecule has 0 N–H and O–H groups in total. The molecule has 0 aliphatic rings. The third kappa shape index (κ3) is 3.54. The van der Waals surface area contributed by atoms with Gasteiger partial charge in [-0.25, -0.2) is 17.2 Å². The Kier molecular flexibility index (Phi) is 4.86. The first-order valence-corrected chi connectivity index (χ1v) is 8.20. The number of alkyl halides is 2. The van der Waals surface area contributed by atoms with Gasteiger partial charge in [0.1, 0.15) is 0 Å². The van der Waals surface area contributed by atoms with Crippen LogP contribution in [-0.4, -0.2) is 8.42 Å². The van der Waals surface area contributed by atoms with Crippen molar-refractivity contribution in [3.05, 3.63) is 69.7 Å². The fraction of sp³-hybridized carbons (Fsp3) is 0.143. The van der Waals surface area contributed by atoms with E-state index in [0.29, 0.717) is 10.0 Å². The molecule has 0 saturated heterocycles. The van der Waals surface area contributed by atoms with Gasteiger partial charge in [-0.1, -0.05) is 47.5 Å². The summed E-state index contributed by atoms with van der Waals surface area (Å²) in [5.74, 6) is 0. The minimum atomic E-state index is -4.69. The lowest BCUT2D eigenvalue weighted by Gasteiger charge is -2.14. The van der Waals surface area contributed by atoms with E-state index >= 15 is 0 Å². The Balaban J connectivity index is 2.32. The molecule has 112 valence electrons. The monoisotopic (exact) mass is 350 g/mol. The summed E-state index contributed by atoms with van der Waals surface area (Å²) in [7, 11) is -4.69. The molecule has 0 bridgehead atoms. The van der Waals surface area contributed by atoms with Crippen molar-refractivity contribution < 1.29 is 17.2 Å². The van der Waals surface area contributed by atoms with Crippen molar-refractivity contribution in [3.8, 4) is 0 Å². The molecule has 7 heteroatoms. The molecule has 2 unspecified atom stereocenters. The zero-order valence-corrected chi connectivity index (χ0v) is 12.8. The Labute approximate surface area is 131 Å². The Morgan fingerprint density at radius 2 is 1.00 bits per heavy atom. The minimum Gasteiger partial charge on any atom is -0.225 e. The van der Waals surface area contributed by atoms with Crippen LogP contribution in [0.3, 0.4) is 0 Å². The van der Waals surface area contributed by atoms with Gasteiger partial charge in [-0.15, -0.1) is 0 Å². The summed E-state index contributed by atoms with van der Waals surface area (Å²) in [6.07, 6.45) is 0. The van der Waals surface area contributed by atoms with Crippen LogP contribution >= 0.6 is 23.2 Å². The molecule has 0 aliphatic heterocycles. The summed E-state index contributed by atoms with van der Waals surface area (Å²) in [5.41, 5.74) is -5.28. The van der Waals surface area contributed by atoms with Gasteiger partial charge in [0.15, 0.2) is 0 Å². The summed E-state index contributed by atoms with van der Waals surface area (Å²) >= 11 is 11.3. The third-order valence-corrected chi connectivity index (χ3v) is 5.04. The molecule has 2 nitrogen and oxygen atoms in total. The molecule has 0 saturated carbocycles. The third-order valence-electron chi connectivity index (χ3n) is 2.84. The maximum absolute atomic E-state index is 14.2. The van der Waals surface area contributed by atoms with Gasteiger partial charge in [-0.3, -0.25) is 0 Å². The van der Waals surface area contributed by atoms with E-state index in [1.54, 1.807) is 0 Å². The van der Waals surface area contributed by atoms with Crippen LogP contribution in [0.1, 0.15) is 22.1 Å². The van der Waals surface area contributed by atoms with Crippen LogP contribution in [0.15, 0.2) is 48.5 Å². The molecular weight excluding hydrogens is 341 g/mol. The van der Waals surface area contributed by atoms with Crippen LogP contribution in [-0.2, 0) is 9.84 Å². The number of hydrogen-bond acceptors (Lipinski definition) is 2. The summed E-state index contributed by atoms with van der Waals surface area (Å²) < 4.78 is 52.3. The highest BCUT2D eigenvalue weighted by molar-refractivity contribution is 7.91. The SMILES string of the molecule is O=S(=O)(C(F)c1ccc(Cl)cc1)C(F)c1ccc(Cl)cc1. The number of halogens is 4. The van der Waals surface area contributed by atoms with Crippen molar-refractivity contribution in [1.82, 2.24) is 0 Å². The van der Waals surface area contributed by atoms with Gasteiger partial charge in [-0.05, 0) is 24.3 Å². The first-order valence-electron chi connectivity index (χ1n) is 5.84. The van der Waals surface area contributed by atoms with Crippen LogP contribution in [0.5, 0.6) is 0 Å². The maximum Gasteiger partial charge on any atom is 0.229 e. The molecule has 0 heterocycles. The van der Waals surface area contributed by atoms with Crippen molar-refractivity contribution in [2.24, 2.45) is 0 Å². The van der Waals surface area contributed by atoms with Crippen LogP contribution in [0.4, 0.5) is 8.78 Å². The van der Waals surface area contributed by atoms with Crippen molar-refractivity contribution in [2.75, 3.05) is 0 Å². The first-order chi connectivity index (χ1) is 9.82. The fourth-order valence-electron chi connectivity index (χ4n) is 1.71. The highest BCUT2D eigenvalue weighted by Crippen LogP contribution is 2.36. The lowest BCUT2D eigenvalue weighted by molar-refractivity contribution is 0.381. The van der Waals surface area contributed by atoms with Crippen LogP contribution in [0.2, 0.25) is 10.0 Å². The van der Waals surface area contributed by atoms with Crippen LogP contribution in [0, 0.1) is 0 Å². The highest BCUT2D eigenvalue weighted by Gasteiger charge is 2.36. The molecule has 0 aliphatic carbocycles. The Morgan fingerprint density at radius 1 is 0.714 bits per heavy atom. The molecule has 0 amide bonds. The van der Waals surface area contributed by atoms with Gasteiger partial charge in [0.05, 0.1) is 0 Å². The molecule has 0 radical (unpaired) electrons. The van der Waals surface area contributed by atoms with Gasteiger partial charge >= 0.3 is 0 Å². The number of sulfone groups is 1. The normalized spacial score (nSPS) is 14.7. The van der Waals surface area contributed by atoms with E-state index in [-0.39, 0.29) is 11.1 Å². The second-order valence-corrected chi connectivity index (χ2v) is 7.20. The molecule has 0 spiro atoms. The van der Waals surface area contributed by atoms with Gasteiger partial charge in [0, 0.05) is 21.2 Å². The standard InChI is InChI=1S/C14H10Cl2F2O2S/c15-11-5-1-9(2-6-11)13(17)21(19,20)14(18)10-3-7-12(16)8-4-10/h1-8,13-14H. The summed E-state index contributed by atoms with van der Waals surface area (Å²) in [6, 6.07) is 10.2. The molecule has 2 aromatic carbocycles. The topological polar surface area (TPSA) is 34.1 Å². The van der Waals surface area contributed by atoms with E-state index in [1.165, 1.54) is 48.5 Å². The second-order valence-electron chi connectivity index (χ2n) is 4.32. The number of benzene rings is 2. The minimum absolute atomic E-state index is 0.170. The van der Waals surface area contributed by atoms with Crippen LogP contribution in [0.25, 0.3) is 0 Å². The summed E-state index contributed by atoms with van der Waals surface area (Å²) in [4.78, 5) is 0. The zero-order chi connectivity index (χ0) is 15.6. The number of rotatable bonds is 4. The Morgan fingerprint density at radius 3 is 1.29 bits per heavy atom. The Hall–Kier alpha value is -1.17. The van der Waals surface area contributed by atoms with Gasteiger partial charge in [0.25, 0.3) is 0 Å². The molecule has 21 heavy (non-hydrogen) atoms. The zero-order valence-electron chi connectivity index (χ0n) is 10.5. The lowest BCUT2D eigenvalue weighted by Crippen LogP contribution is -2.15. The van der Waals surface area contributed by atoms with Crippen molar-refractivity contribution in [1.29, 1.82) is 0 Å². The Bertz CT molecular complexity index is 658. The van der Waals surface area contributed by atoms with E-state index in [9.17, 15) is 17.2 Å².